The topological polar surface area (TPSA) is 42.2 Å². The average Bonchev–Trinajstić information content (AvgIpc) is 2.34. The Hall–Kier alpha value is -0.900. The number of carbonyl (C=O) groups excluding carboxylic acids is 1. The first-order chi connectivity index (χ1) is 4.75. The van der Waals surface area contributed by atoms with Crippen LogP contribution < -0.4 is 4.72 Å². The van der Waals surface area contributed by atoms with Crippen LogP contribution in [0.4, 0.5) is 0 Å². The molecule has 54 valence electrons. The van der Waals surface area contributed by atoms with E-state index in [-0.39, 0.29) is 5.91 Å². The Morgan fingerprint density at radius 3 is 2.90 bits per heavy atom. The maximum absolute atomic E-state index is 10.8. The number of furan rings is 1. The van der Waals surface area contributed by atoms with Crippen molar-refractivity contribution in [3.05, 3.63) is 23.7 Å². The summed E-state index contributed by atoms with van der Waals surface area (Å²) in [5.41, 5.74) is 0.523. The molecule has 1 N–H and O–H groups in total. The standard InChI is InChI=1S/C6H7NO2S/c1-4-5(2-3-9-4)6(8)7-10/h2-3,10H,1H3,(H,7,8). The molecule has 0 unspecified atom stereocenters. The van der Waals surface area contributed by atoms with Crippen molar-refractivity contribution in [3.8, 4) is 0 Å². The lowest BCUT2D eigenvalue weighted by Gasteiger charge is -1.92. The van der Waals surface area contributed by atoms with Crippen LogP contribution >= 0.6 is 12.8 Å². The SMILES string of the molecule is Cc1occc1C(=O)NS. The molecule has 10 heavy (non-hydrogen) atoms. The minimum Gasteiger partial charge on any atom is -0.469 e. The summed E-state index contributed by atoms with van der Waals surface area (Å²) in [5, 5.41) is 0. The lowest BCUT2D eigenvalue weighted by Crippen LogP contribution is -2.12. The Labute approximate surface area is 64.0 Å². The van der Waals surface area contributed by atoms with Crippen molar-refractivity contribution >= 4 is 18.7 Å². The van der Waals surface area contributed by atoms with Crippen molar-refractivity contribution in [2.24, 2.45) is 0 Å². The van der Waals surface area contributed by atoms with Gasteiger partial charge in [-0.2, -0.15) is 0 Å². The molecular formula is C6H7NO2S. The van der Waals surface area contributed by atoms with Crippen molar-refractivity contribution in [1.29, 1.82) is 0 Å². The summed E-state index contributed by atoms with van der Waals surface area (Å²) in [7, 11) is 0. The second-order valence-corrected chi connectivity index (χ2v) is 2.05. The van der Waals surface area contributed by atoms with Gasteiger partial charge in [0.25, 0.3) is 5.91 Å². The molecule has 4 heteroatoms. The van der Waals surface area contributed by atoms with Gasteiger partial charge in [-0.1, -0.05) is 12.8 Å². The fraction of sp³-hybridized carbons (Fsp3) is 0.167. The number of rotatable bonds is 1. The number of aryl methyl sites for hydroxylation is 1. The molecule has 3 nitrogen and oxygen atoms in total. The van der Waals surface area contributed by atoms with E-state index in [4.69, 9.17) is 4.42 Å². The molecule has 0 radical (unpaired) electrons. The lowest BCUT2D eigenvalue weighted by atomic mass is 10.2. The Kier molecular flexibility index (Phi) is 2.01. The molecule has 0 fully saturated rings. The molecule has 0 aliphatic heterocycles. The Balaban J connectivity index is 2.93. The van der Waals surface area contributed by atoms with Crippen molar-refractivity contribution in [2.75, 3.05) is 0 Å². The van der Waals surface area contributed by atoms with E-state index in [1.807, 2.05) is 0 Å². The zero-order valence-electron chi connectivity index (χ0n) is 5.42. The summed E-state index contributed by atoms with van der Waals surface area (Å²) in [5.74, 6) is 0.362. The smallest absolute Gasteiger partial charge is 0.264 e. The number of carbonyl (C=O) groups is 1. The van der Waals surface area contributed by atoms with E-state index in [9.17, 15) is 4.79 Å². The first-order valence-electron chi connectivity index (χ1n) is 2.74. The van der Waals surface area contributed by atoms with Gasteiger partial charge in [-0.05, 0) is 13.0 Å². The van der Waals surface area contributed by atoms with Crippen molar-refractivity contribution in [2.45, 2.75) is 6.92 Å². The van der Waals surface area contributed by atoms with Crippen LogP contribution in [0.25, 0.3) is 0 Å². The molecule has 1 heterocycles. The molecule has 0 atom stereocenters. The number of thiol groups is 1. The summed E-state index contributed by atoms with van der Waals surface area (Å²) >= 11 is 3.61. The molecule has 0 aromatic carbocycles. The molecular weight excluding hydrogens is 150 g/mol. The molecule has 0 aliphatic carbocycles. The van der Waals surface area contributed by atoms with Gasteiger partial charge in [0.2, 0.25) is 0 Å². The van der Waals surface area contributed by atoms with Crippen molar-refractivity contribution in [1.82, 2.24) is 4.72 Å². The van der Waals surface area contributed by atoms with Crippen molar-refractivity contribution < 1.29 is 9.21 Å². The number of amides is 1. The van der Waals surface area contributed by atoms with E-state index in [1.165, 1.54) is 6.26 Å². The molecule has 0 saturated heterocycles. The third-order valence-corrected chi connectivity index (χ3v) is 1.41. The molecule has 1 aromatic heterocycles. The van der Waals surface area contributed by atoms with Gasteiger partial charge in [0.05, 0.1) is 11.8 Å². The third-order valence-electron chi connectivity index (χ3n) is 1.20. The Morgan fingerprint density at radius 1 is 1.80 bits per heavy atom. The van der Waals surface area contributed by atoms with Crippen LogP contribution in [0.15, 0.2) is 16.7 Å². The largest absolute Gasteiger partial charge is 0.469 e. The van der Waals surface area contributed by atoms with Gasteiger partial charge in [0.1, 0.15) is 5.76 Å². The van der Waals surface area contributed by atoms with E-state index in [2.05, 4.69) is 17.5 Å². The maximum atomic E-state index is 10.8. The molecule has 0 saturated carbocycles. The summed E-state index contributed by atoms with van der Waals surface area (Å²) in [6.07, 6.45) is 1.47. The van der Waals surface area contributed by atoms with Gasteiger partial charge < -0.3 is 4.42 Å². The Morgan fingerprint density at radius 2 is 2.50 bits per heavy atom. The number of hydrogen-bond acceptors (Lipinski definition) is 3. The molecule has 1 aromatic rings. The van der Waals surface area contributed by atoms with Gasteiger partial charge in [-0.3, -0.25) is 9.52 Å². The van der Waals surface area contributed by atoms with Gasteiger partial charge in [0, 0.05) is 0 Å². The third kappa shape index (κ3) is 1.16. The van der Waals surface area contributed by atoms with E-state index in [0.717, 1.165) is 0 Å². The highest BCUT2D eigenvalue weighted by Crippen LogP contribution is 2.07. The van der Waals surface area contributed by atoms with E-state index >= 15 is 0 Å². The highest BCUT2D eigenvalue weighted by atomic mass is 32.1. The fourth-order valence-electron chi connectivity index (χ4n) is 0.681. The van der Waals surface area contributed by atoms with Gasteiger partial charge in [-0.25, -0.2) is 0 Å². The van der Waals surface area contributed by atoms with Gasteiger partial charge >= 0.3 is 0 Å². The predicted molar refractivity (Wildman–Crippen MR) is 39.9 cm³/mol. The van der Waals surface area contributed by atoms with Gasteiger partial charge in [0.15, 0.2) is 0 Å². The molecule has 0 bridgehead atoms. The highest BCUT2D eigenvalue weighted by molar-refractivity contribution is 7.78. The van der Waals surface area contributed by atoms with Crippen LogP contribution in [0.2, 0.25) is 0 Å². The summed E-state index contributed by atoms with van der Waals surface area (Å²) in [4.78, 5) is 10.8. The van der Waals surface area contributed by atoms with Crippen LogP contribution in [0.5, 0.6) is 0 Å². The quantitative estimate of drug-likeness (QED) is 0.601. The van der Waals surface area contributed by atoms with Crippen LogP contribution in [0.1, 0.15) is 16.1 Å². The van der Waals surface area contributed by atoms with Crippen LogP contribution in [0, 0.1) is 6.92 Å². The number of hydrogen-bond donors (Lipinski definition) is 2. The molecule has 0 spiro atoms. The molecule has 1 amide bonds. The van der Waals surface area contributed by atoms with E-state index in [0.29, 0.717) is 11.3 Å². The minimum absolute atomic E-state index is 0.241. The Bertz CT molecular complexity index is 244. The molecule has 0 aliphatic rings. The van der Waals surface area contributed by atoms with Crippen LogP contribution in [0.3, 0.4) is 0 Å². The second kappa shape index (κ2) is 2.79. The summed E-state index contributed by atoms with van der Waals surface area (Å²) in [6.45, 7) is 1.72. The van der Waals surface area contributed by atoms with E-state index in [1.54, 1.807) is 13.0 Å². The zero-order chi connectivity index (χ0) is 7.56. The monoisotopic (exact) mass is 157 g/mol. The summed E-state index contributed by atoms with van der Waals surface area (Å²) in [6, 6.07) is 1.60. The highest BCUT2D eigenvalue weighted by Gasteiger charge is 2.08. The summed E-state index contributed by atoms with van der Waals surface area (Å²) < 4.78 is 7.10. The number of nitrogens with one attached hydrogen (secondary N) is 1. The zero-order valence-corrected chi connectivity index (χ0v) is 6.31. The van der Waals surface area contributed by atoms with Crippen LogP contribution in [-0.4, -0.2) is 5.91 Å². The maximum Gasteiger partial charge on any atom is 0.264 e. The van der Waals surface area contributed by atoms with Crippen LogP contribution in [-0.2, 0) is 0 Å². The first kappa shape index (κ1) is 7.21. The van der Waals surface area contributed by atoms with Gasteiger partial charge in [-0.15, -0.1) is 0 Å². The molecule has 1 rings (SSSR count). The fourth-order valence-corrected chi connectivity index (χ4v) is 0.801. The van der Waals surface area contributed by atoms with Crippen molar-refractivity contribution in [3.63, 3.8) is 0 Å². The van der Waals surface area contributed by atoms with E-state index < -0.39 is 0 Å². The first-order valence-corrected chi connectivity index (χ1v) is 3.19. The predicted octanol–water partition coefficient (Wildman–Crippen LogP) is 1.16. The average molecular weight is 157 g/mol. The normalized spacial score (nSPS) is 9.40. The minimum atomic E-state index is -0.241. The lowest BCUT2D eigenvalue weighted by molar-refractivity contribution is 0.0983. The second-order valence-electron chi connectivity index (χ2n) is 1.83.